The Morgan fingerprint density at radius 1 is 0.828 bits per heavy atom. The highest BCUT2D eigenvalue weighted by atomic mass is 16.2. The largest absolute Gasteiger partial charge is 0.341 e. The fourth-order valence-electron chi connectivity index (χ4n) is 5.02. The maximum Gasteiger partial charge on any atom is 0.239 e. The molecule has 0 aromatic heterocycles. The molecule has 0 saturated carbocycles. The van der Waals surface area contributed by atoms with Crippen molar-refractivity contribution in [3.05, 3.63) is 71.8 Å². The van der Waals surface area contributed by atoms with Crippen molar-refractivity contribution in [3.63, 3.8) is 0 Å². The Labute approximate surface area is 175 Å². The summed E-state index contributed by atoms with van der Waals surface area (Å²) in [4.78, 5) is 17.8. The molecular weight excluding hydrogens is 356 g/mol. The second-order valence-corrected chi connectivity index (χ2v) is 8.74. The number of benzene rings is 2. The monoisotopic (exact) mass is 390 g/mol. The summed E-state index contributed by atoms with van der Waals surface area (Å²) >= 11 is 0. The van der Waals surface area contributed by atoms with Crippen molar-refractivity contribution < 1.29 is 4.79 Å². The maximum atomic E-state index is 13.2. The Bertz CT molecular complexity index is 753. The van der Waals surface area contributed by atoms with Gasteiger partial charge in [-0.15, -0.1) is 0 Å². The molecule has 2 heterocycles. The van der Waals surface area contributed by atoms with Gasteiger partial charge in [-0.1, -0.05) is 60.7 Å². The summed E-state index contributed by atoms with van der Waals surface area (Å²) in [5, 5.41) is 0. The summed E-state index contributed by atoms with van der Waals surface area (Å²) in [6.07, 6.45) is 7.86. The van der Waals surface area contributed by atoms with Crippen LogP contribution in [0.1, 0.15) is 43.2 Å². The van der Waals surface area contributed by atoms with E-state index in [2.05, 4.69) is 70.5 Å². The van der Waals surface area contributed by atoms with E-state index in [1.165, 1.54) is 11.1 Å². The van der Waals surface area contributed by atoms with Gasteiger partial charge in [0.15, 0.2) is 0 Å². The van der Waals surface area contributed by atoms with Crippen LogP contribution in [0.3, 0.4) is 0 Å². The van der Waals surface area contributed by atoms with Crippen molar-refractivity contribution in [1.82, 2.24) is 9.80 Å². The lowest BCUT2D eigenvalue weighted by atomic mass is 9.90. The molecule has 2 aromatic carbocycles. The molecule has 2 saturated heterocycles. The van der Waals surface area contributed by atoms with Crippen LogP contribution in [-0.2, 0) is 17.6 Å². The molecule has 4 rings (SSSR count). The average molecular weight is 391 g/mol. The van der Waals surface area contributed by atoms with E-state index in [0.29, 0.717) is 11.8 Å². The number of likely N-dealkylation sites (tertiary alicyclic amines) is 2. The lowest BCUT2D eigenvalue weighted by Gasteiger charge is -2.35. The van der Waals surface area contributed by atoms with Gasteiger partial charge in [0.25, 0.3) is 0 Å². The van der Waals surface area contributed by atoms with Crippen molar-refractivity contribution >= 4 is 5.91 Å². The van der Waals surface area contributed by atoms with Gasteiger partial charge in [0.05, 0.1) is 6.04 Å². The third-order valence-corrected chi connectivity index (χ3v) is 6.70. The Balaban J connectivity index is 1.23. The van der Waals surface area contributed by atoms with Crippen LogP contribution in [0.25, 0.3) is 0 Å². The number of nitrogens with zero attached hydrogens (tertiary/aromatic N) is 2. The first kappa shape index (κ1) is 20.2. The predicted octanol–water partition coefficient (Wildman–Crippen LogP) is 4.56. The lowest BCUT2D eigenvalue weighted by molar-refractivity contribution is -0.137. The molecule has 0 aliphatic carbocycles. The van der Waals surface area contributed by atoms with Crippen LogP contribution < -0.4 is 0 Å². The fraction of sp³-hybridized carbons (Fsp3) is 0.500. The molecule has 3 nitrogen and oxygen atoms in total. The summed E-state index contributed by atoms with van der Waals surface area (Å²) in [5.74, 6) is 1.10. The third-order valence-electron chi connectivity index (χ3n) is 6.70. The second-order valence-electron chi connectivity index (χ2n) is 8.74. The topological polar surface area (TPSA) is 23.6 Å². The van der Waals surface area contributed by atoms with Gasteiger partial charge in [0, 0.05) is 13.1 Å². The first-order valence-corrected chi connectivity index (χ1v) is 11.4. The number of rotatable bonds is 7. The molecule has 2 fully saturated rings. The van der Waals surface area contributed by atoms with Crippen LogP contribution in [-0.4, -0.2) is 47.9 Å². The van der Waals surface area contributed by atoms with E-state index in [0.717, 1.165) is 71.1 Å². The molecule has 2 aromatic rings. The van der Waals surface area contributed by atoms with Gasteiger partial charge < -0.3 is 4.90 Å². The predicted molar refractivity (Wildman–Crippen MR) is 119 cm³/mol. The molecule has 0 spiro atoms. The number of amides is 1. The summed E-state index contributed by atoms with van der Waals surface area (Å²) in [7, 11) is 0. The number of carbonyl (C=O) groups excluding carboxylic acids is 1. The highest BCUT2D eigenvalue weighted by molar-refractivity contribution is 5.82. The number of piperidine rings is 1. The van der Waals surface area contributed by atoms with Gasteiger partial charge in [0.2, 0.25) is 5.91 Å². The Morgan fingerprint density at radius 2 is 1.48 bits per heavy atom. The van der Waals surface area contributed by atoms with Gasteiger partial charge in [-0.2, -0.15) is 0 Å². The SMILES string of the molecule is O=C([C@@H]1CCCN1CCCc1ccccc1)N1CCC(Cc2ccccc2)CC1. The van der Waals surface area contributed by atoms with Gasteiger partial charge in [-0.05, 0) is 75.1 Å². The zero-order chi connectivity index (χ0) is 19.9. The first-order chi connectivity index (χ1) is 14.3. The molecule has 2 aliphatic heterocycles. The first-order valence-electron chi connectivity index (χ1n) is 11.4. The molecule has 0 bridgehead atoms. The van der Waals surface area contributed by atoms with Crippen LogP contribution in [0.4, 0.5) is 0 Å². The highest BCUT2D eigenvalue weighted by Gasteiger charge is 2.34. The molecular formula is C26H34N2O. The third kappa shape index (κ3) is 5.48. The molecule has 2 aliphatic rings. The van der Waals surface area contributed by atoms with E-state index in [1.54, 1.807) is 0 Å². The van der Waals surface area contributed by atoms with Crippen molar-refractivity contribution in [1.29, 1.82) is 0 Å². The standard InChI is InChI=1S/C26H34N2O/c29-26(28-19-15-24(16-20-28)21-23-11-5-2-6-12-23)25-14-8-18-27(25)17-7-13-22-9-3-1-4-10-22/h1-6,9-12,24-25H,7-8,13-21H2/t25-/m0/s1. The molecule has 1 atom stereocenters. The second kappa shape index (κ2) is 10.1. The van der Waals surface area contributed by atoms with E-state index >= 15 is 0 Å². The average Bonchev–Trinajstić information content (AvgIpc) is 3.24. The Hall–Kier alpha value is -2.13. The van der Waals surface area contributed by atoms with Crippen molar-refractivity contribution in [2.45, 2.75) is 51.0 Å². The number of hydrogen-bond donors (Lipinski definition) is 0. The van der Waals surface area contributed by atoms with E-state index in [1.807, 2.05) is 0 Å². The van der Waals surface area contributed by atoms with Crippen molar-refractivity contribution in [3.8, 4) is 0 Å². The van der Waals surface area contributed by atoms with Crippen LogP contribution in [0.5, 0.6) is 0 Å². The fourth-order valence-corrected chi connectivity index (χ4v) is 5.02. The lowest BCUT2D eigenvalue weighted by Crippen LogP contribution is -2.48. The van der Waals surface area contributed by atoms with Crippen molar-refractivity contribution in [2.75, 3.05) is 26.2 Å². The summed E-state index contributed by atoms with van der Waals surface area (Å²) in [6, 6.07) is 21.6. The van der Waals surface area contributed by atoms with E-state index < -0.39 is 0 Å². The summed E-state index contributed by atoms with van der Waals surface area (Å²) in [6.45, 7) is 3.99. The number of hydrogen-bond acceptors (Lipinski definition) is 2. The molecule has 154 valence electrons. The highest BCUT2D eigenvalue weighted by Crippen LogP contribution is 2.25. The normalized spacial score (nSPS) is 20.8. The van der Waals surface area contributed by atoms with Gasteiger partial charge in [0.1, 0.15) is 0 Å². The number of aryl methyl sites for hydroxylation is 1. The minimum absolute atomic E-state index is 0.122. The van der Waals surface area contributed by atoms with E-state index in [4.69, 9.17) is 0 Å². The van der Waals surface area contributed by atoms with Crippen molar-refractivity contribution in [2.24, 2.45) is 5.92 Å². The molecule has 29 heavy (non-hydrogen) atoms. The zero-order valence-corrected chi connectivity index (χ0v) is 17.5. The van der Waals surface area contributed by atoms with E-state index in [-0.39, 0.29) is 6.04 Å². The Kier molecular flexibility index (Phi) is 7.00. The Morgan fingerprint density at radius 3 is 2.17 bits per heavy atom. The number of carbonyl (C=O) groups is 1. The van der Waals surface area contributed by atoms with Crippen LogP contribution >= 0.6 is 0 Å². The molecule has 3 heteroatoms. The smallest absolute Gasteiger partial charge is 0.239 e. The maximum absolute atomic E-state index is 13.2. The van der Waals surface area contributed by atoms with Crippen LogP contribution in [0, 0.1) is 5.92 Å². The minimum atomic E-state index is 0.122. The van der Waals surface area contributed by atoms with Crippen LogP contribution in [0.2, 0.25) is 0 Å². The van der Waals surface area contributed by atoms with Gasteiger partial charge >= 0.3 is 0 Å². The quantitative estimate of drug-likeness (QED) is 0.692. The molecule has 0 N–H and O–H groups in total. The van der Waals surface area contributed by atoms with Gasteiger partial charge in [-0.3, -0.25) is 9.69 Å². The zero-order valence-electron chi connectivity index (χ0n) is 17.5. The van der Waals surface area contributed by atoms with Crippen LogP contribution in [0.15, 0.2) is 60.7 Å². The summed E-state index contributed by atoms with van der Waals surface area (Å²) < 4.78 is 0. The van der Waals surface area contributed by atoms with Gasteiger partial charge in [-0.25, -0.2) is 0 Å². The minimum Gasteiger partial charge on any atom is -0.341 e. The van der Waals surface area contributed by atoms with E-state index in [9.17, 15) is 4.79 Å². The molecule has 1 amide bonds. The summed E-state index contributed by atoms with van der Waals surface area (Å²) in [5.41, 5.74) is 2.83. The molecule has 0 radical (unpaired) electrons. The molecule has 0 unspecified atom stereocenters.